The van der Waals surface area contributed by atoms with Gasteiger partial charge in [-0.05, 0) is 31.2 Å². The first kappa shape index (κ1) is 18.7. The molecule has 136 valence electrons. The fourth-order valence-electron chi connectivity index (χ4n) is 2.71. The number of amides is 1. The molecule has 0 radical (unpaired) electrons. The maximum absolute atomic E-state index is 13.9. The van der Waals surface area contributed by atoms with E-state index >= 15 is 0 Å². The number of hydrogen-bond acceptors (Lipinski definition) is 3. The molecule has 1 aromatic heterocycles. The van der Waals surface area contributed by atoms with E-state index in [1.165, 1.54) is 22.7 Å². The Labute approximate surface area is 161 Å². The molecule has 2 aromatic carbocycles. The zero-order valence-electron chi connectivity index (χ0n) is 14.6. The van der Waals surface area contributed by atoms with Gasteiger partial charge in [0.05, 0.1) is 16.8 Å². The minimum absolute atomic E-state index is 0.107. The number of imidazole rings is 1. The number of carbonyl (C=O) groups is 1. The van der Waals surface area contributed by atoms with E-state index in [2.05, 4.69) is 9.55 Å². The van der Waals surface area contributed by atoms with Crippen LogP contribution in [0.1, 0.15) is 12.5 Å². The average Bonchev–Trinajstić information content (AvgIpc) is 3.00. The third kappa shape index (κ3) is 3.86. The lowest BCUT2D eigenvalue weighted by Gasteiger charge is -2.18. The highest BCUT2D eigenvalue weighted by Gasteiger charge is 2.16. The van der Waals surface area contributed by atoms with Crippen LogP contribution in [0, 0.1) is 5.82 Å². The van der Waals surface area contributed by atoms with Crippen molar-refractivity contribution in [2.24, 2.45) is 0 Å². The summed E-state index contributed by atoms with van der Waals surface area (Å²) in [5.74, 6) is -0.284. The van der Waals surface area contributed by atoms with E-state index in [-0.39, 0.29) is 18.2 Å². The van der Waals surface area contributed by atoms with Crippen molar-refractivity contribution in [3.63, 3.8) is 0 Å². The maximum atomic E-state index is 13.9. The quantitative estimate of drug-likeness (QED) is 0.576. The Morgan fingerprint density at radius 1 is 1.27 bits per heavy atom. The molecule has 0 saturated carbocycles. The first-order valence-electron chi connectivity index (χ1n) is 8.26. The van der Waals surface area contributed by atoms with Gasteiger partial charge in [0.15, 0.2) is 5.16 Å². The molecule has 0 unspecified atom stereocenters. The van der Waals surface area contributed by atoms with Gasteiger partial charge in [0.1, 0.15) is 5.82 Å². The van der Waals surface area contributed by atoms with E-state index in [9.17, 15) is 9.18 Å². The van der Waals surface area contributed by atoms with Crippen molar-refractivity contribution in [1.82, 2.24) is 14.5 Å². The lowest BCUT2D eigenvalue weighted by Crippen LogP contribution is -2.28. The summed E-state index contributed by atoms with van der Waals surface area (Å²) < 4.78 is 16.0. The van der Waals surface area contributed by atoms with Gasteiger partial charge in [0.2, 0.25) is 5.91 Å². The summed E-state index contributed by atoms with van der Waals surface area (Å²) in [6.45, 7) is 2.96. The molecule has 0 aliphatic heterocycles. The van der Waals surface area contributed by atoms with E-state index < -0.39 is 5.82 Å². The lowest BCUT2D eigenvalue weighted by atomic mass is 10.2. The standard InChI is InChI=1S/C19H19ClFN3OS/c1-3-24-17-10-5-4-9-16(17)22-19(24)26-12-18(25)23(2)11-13-14(20)7-6-8-15(13)21/h4-10H,3,11-12H2,1-2H3. The van der Waals surface area contributed by atoms with Crippen molar-refractivity contribution in [2.45, 2.75) is 25.2 Å². The number of para-hydroxylation sites is 2. The summed E-state index contributed by atoms with van der Waals surface area (Å²) in [5.41, 5.74) is 2.29. The molecule has 1 heterocycles. The summed E-state index contributed by atoms with van der Waals surface area (Å²) in [6, 6.07) is 12.4. The van der Waals surface area contributed by atoms with Gasteiger partial charge in [-0.3, -0.25) is 4.79 Å². The minimum atomic E-state index is -0.405. The van der Waals surface area contributed by atoms with Crippen LogP contribution in [-0.4, -0.2) is 33.2 Å². The third-order valence-electron chi connectivity index (χ3n) is 4.14. The van der Waals surface area contributed by atoms with Gasteiger partial charge in [0.25, 0.3) is 0 Å². The molecule has 0 saturated heterocycles. The Kier molecular flexibility index (Phi) is 5.84. The van der Waals surface area contributed by atoms with Crippen LogP contribution in [0.3, 0.4) is 0 Å². The fraction of sp³-hybridized carbons (Fsp3) is 0.263. The van der Waals surface area contributed by atoms with Gasteiger partial charge < -0.3 is 9.47 Å². The topological polar surface area (TPSA) is 38.1 Å². The number of hydrogen-bond donors (Lipinski definition) is 0. The van der Waals surface area contributed by atoms with Crippen LogP contribution in [0.15, 0.2) is 47.6 Å². The predicted molar refractivity (Wildman–Crippen MR) is 104 cm³/mol. The van der Waals surface area contributed by atoms with Crippen LogP contribution in [0.25, 0.3) is 11.0 Å². The number of halogens is 2. The molecule has 0 atom stereocenters. The largest absolute Gasteiger partial charge is 0.341 e. The van der Waals surface area contributed by atoms with Crippen LogP contribution in [0.4, 0.5) is 4.39 Å². The monoisotopic (exact) mass is 391 g/mol. The van der Waals surface area contributed by atoms with Crippen LogP contribution in [0.2, 0.25) is 5.02 Å². The minimum Gasteiger partial charge on any atom is -0.341 e. The number of aryl methyl sites for hydroxylation is 1. The second-order valence-electron chi connectivity index (χ2n) is 5.87. The molecule has 0 aliphatic carbocycles. The number of thioether (sulfide) groups is 1. The van der Waals surface area contributed by atoms with Gasteiger partial charge in [-0.25, -0.2) is 9.37 Å². The number of benzene rings is 2. The van der Waals surface area contributed by atoms with Crippen LogP contribution >= 0.6 is 23.4 Å². The number of fused-ring (bicyclic) bond motifs is 1. The zero-order chi connectivity index (χ0) is 18.7. The van der Waals surface area contributed by atoms with Crippen molar-refractivity contribution in [3.05, 3.63) is 58.9 Å². The fourth-order valence-corrected chi connectivity index (χ4v) is 3.96. The van der Waals surface area contributed by atoms with Crippen molar-refractivity contribution in [3.8, 4) is 0 Å². The maximum Gasteiger partial charge on any atom is 0.233 e. The van der Waals surface area contributed by atoms with Gasteiger partial charge in [-0.1, -0.05) is 41.6 Å². The normalized spacial score (nSPS) is 11.1. The molecule has 1 amide bonds. The van der Waals surface area contributed by atoms with Crippen molar-refractivity contribution < 1.29 is 9.18 Å². The average molecular weight is 392 g/mol. The molecule has 7 heteroatoms. The molecular weight excluding hydrogens is 373 g/mol. The molecule has 0 spiro atoms. The summed E-state index contributed by atoms with van der Waals surface area (Å²) in [5, 5.41) is 1.13. The van der Waals surface area contributed by atoms with E-state index in [1.807, 2.05) is 31.2 Å². The second kappa shape index (κ2) is 8.10. The highest BCUT2D eigenvalue weighted by atomic mass is 35.5. The zero-order valence-corrected chi connectivity index (χ0v) is 16.1. The van der Waals surface area contributed by atoms with Crippen molar-refractivity contribution in [1.29, 1.82) is 0 Å². The van der Waals surface area contributed by atoms with Crippen LogP contribution in [-0.2, 0) is 17.9 Å². The van der Waals surface area contributed by atoms with E-state index in [0.29, 0.717) is 10.6 Å². The highest BCUT2D eigenvalue weighted by Crippen LogP contribution is 2.25. The third-order valence-corrected chi connectivity index (χ3v) is 5.46. The van der Waals surface area contributed by atoms with Gasteiger partial charge in [-0.15, -0.1) is 0 Å². The summed E-state index contributed by atoms with van der Waals surface area (Å²) in [6.07, 6.45) is 0. The molecule has 0 aliphatic rings. The summed E-state index contributed by atoms with van der Waals surface area (Å²) >= 11 is 7.43. The van der Waals surface area contributed by atoms with Crippen LogP contribution in [0.5, 0.6) is 0 Å². The molecule has 3 rings (SSSR count). The molecule has 0 fully saturated rings. The van der Waals surface area contributed by atoms with E-state index in [1.54, 1.807) is 19.2 Å². The second-order valence-corrected chi connectivity index (χ2v) is 7.22. The molecular formula is C19H19ClFN3OS. The Balaban J connectivity index is 1.69. The first-order chi connectivity index (χ1) is 12.5. The number of aromatic nitrogens is 2. The molecule has 26 heavy (non-hydrogen) atoms. The number of carbonyl (C=O) groups excluding carboxylic acids is 1. The summed E-state index contributed by atoms with van der Waals surface area (Å²) in [7, 11) is 1.65. The first-order valence-corrected chi connectivity index (χ1v) is 9.62. The van der Waals surface area contributed by atoms with E-state index in [0.717, 1.165) is 22.7 Å². The molecule has 3 aromatic rings. The number of rotatable bonds is 6. The van der Waals surface area contributed by atoms with Gasteiger partial charge in [-0.2, -0.15) is 0 Å². The Bertz CT molecular complexity index is 923. The highest BCUT2D eigenvalue weighted by molar-refractivity contribution is 7.99. The lowest BCUT2D eigenvalue weighted by molar-refractivity contribution is -0.127. The van der Waals surface area contributed by atoms with Gasteiger partial charge in [0, 0.05) is 30.7 Å². The van der Waals surface area contributed by atoms with Crippen molar-refractivity contribution in [2.75, 3.05) is 12.8 Å². The molecule has 0 N–H and O–H groups in total. The number of nitrogens with zero attached hydrogens (tertiary/aromatic N) is 3. The Hall–Kier alpha value is -2.05. The SMILES string of the molecule is CCn1c(SCC(=O)N(C)Cc2c(F)cccc2Cl)nc2ccccc21. The molecule has 4 nitrogen and oxygen atoms in total. The van der Waals surface area contributed by atoms with E-state index in [4.69, 9.17) is 11.6 Å². The van der Waals surface area contributed by atoms with Gasteiger partial charge >= 0.3 is 0 Å². The Morgan fingerprint density at radius 3 is 2.77 bits per heavy atom. The smallest absolute Gasteiger partial charge is 0.233 e. The summed E-state index contributed by atoms with van der Waals surface area (Å²) in [4.78, 5) is 18.5. The molecule has 0 bridgehead atoms. The van der Waals surface area contributed by atoms with Crippen molar-refractivity contribution >= 4 is 40.3 Å². The van der Waals surface area contributed by atoms with Crippen LogP contribution < -0.4 is 0 Å². The Morgan fingerprint density at radius 2 is 2.04 bits per heavy atom. The predicted octanol–water partition coefficient (Wildman–Crippen LogP) is 4.60.